The Morgan fingerprint density at radius 1 is 1.40 bits per heavy atom. The van der Waals surface area contributed by atoms with Crippen LogP contribution >= 0.6 is 0 Å². The summed E-state index contributed by atoms with van der Waals surface area (Å²) in [5, 5.41) is 0. The third-order valence-corrected chi connectivity index (χ3v) is 5.73. The molecule has 2 aliphatic rings. The highest BCUT2D eigenvalue weighted by Crippen LogP contribution is 2.39. The minimum Gasteiger partial charge on any atom is -0.496 e. The predicted molar refractivity (Wildman–Crippen MR) is 74.3 cm³/mol. The predicted octanol–water partition coefficient (Wildman–Crippen LogP) is 1.46. The summed E-state index contributed by atoms with van der Waals surface area (Å²) in [6.07, 6.45) is 1.97. The Morgan fingerprint density at radius 3 is 2.85 bits per heavy atom. The van der Waals surface area contributed by atoms with E-state index in [-0.39, 0.29) is 17.0 Å². The van der Waals surface area contributed by atoms with E-state index in [0.29, 0.717) is 11.7 Å². The van der Waals surface area contributed by atoms with Gasteiger partial charge in [-0.1, -0.05) is 0 Å². The van der Waals surface area contributed by atoms with Crippen LogP contribution in [0.1, 0.15) is 18.4 Å². The molecule has 3 rings (SSSR count). The second kappa shape index (κ2) is 5.02. The maximum atomic E-state index is 12.4. The molecule has 5 nitrogen and oxygen atoms in total. The lowest BCUT2D eigenvalue weighted by molar-refractivity contribution is 0.0143. The Morgan fingerprint density at radius 2 is 2.20 bits per heavy atom. The van der Waals surface area contributed by atoms with Gasteiger partial charge in [-0.2, -0.15) is 0 Å². The van der Waals surface area contributed by atoms with Gasteiger partial charge >= 0.3 is 0 Å². The Hall–Kier alpha value is -1.11. The summed E-state index contributed by atoms with van der Waals surface area (Å²) in [7, 11) is -1.89. The molecule has 2 fully saturated rings. The number of hydrogen-bond acceptors (Lipinski definition) is 4. The van der Waals surface area contributed by atoms with Crippen LogP contribution in [0.5, 0.6) is 5.75 Å². The summed E-state index contributed by atoms with van der Waals surface area (Å²) >= 11 is 0. The van der Waals surface area contributed by atoms with Crippen LogP contribution in [0.3, 0.4) is 0 Å². The first-order valence-electron chi connectivity index (χ1n) is 6.80. The first-order chi connectivity index (χ1) is 9.51. The van der Waals surface area contributed by atoms with Crippen molar-refractivity contribution in [2.75, 3.05) is 13.7 Å². The Labute approximate surface area is 119 Å². The van der Waals surface area contributed by atoms with Gasteiger partial charge in [0.05, 0.1) is 18.1 Å². The molecule has 1 heterocycles. The van der Waals surface area contributed by atoms with Gasteiger partial charge in [0.2, 0.25) is 10.0 Å². The zero-order chi connectivity index (χ0) is 14.3. The van der Waals surface area contributed by atoms with E-state index in [1.54, 1.807) is 25.3 Å². The normalized spacial score (nSPS) is 28.8. The van der Waals surface area contributed by atoms with Crippen LogP contribution < -0.4 is 9.46 Å². The number of ether oxygens (including phenoxy) is 2. The lowest BCUT2D eigenvalue weighted by Gasteiger charge is -2.39. The number of nitrogens with one attached hydrogen (secondary N) is 1. The van der Waals surface area contributed by atoms with Gasteiger partial charge < -0.3 is 9.47 Å². The first-order valence-corrected chi connectivity index (χ1v) is 8.28. The van der Waals surface area contributed by atoms with Gasteiger partial charge in [0.25, 0.3) is 0 Å². The maximum Gasteiger partial charge on any atom is 0.240 e. The molecule has 0 amide bonds. The molecule has 0 spiro atoms. The van der Waals surface area contributed by atoms with Crippen LogP contribution in [0.2, 0.25) is 0 Å². The number of fused-ring (bicyclic) bond motifs is 1. The molecule has 0 unspecified atom stereocenters. The van der Waals surface area contributed by atoms with Crippen LogP contribution in [0.4, 0.5) is 0 Å². The molecule has 0 radical (unpaired) electrons. The van der Waals surface area contributed by atoms with E-state index in [1.807, 2.05) is 6.92 Å². The summed E-state index contributed by atoms with van der Waals surface area (Å²) in [5.41, 5.74) is 0.811. The Bertz CT molecular complexity index is 614. The summed E-state index contributed by atoms with van der Waals surface area (Å²) < 4.78 is 38.2. The van der Waals surface area contributed by atoms with E-state index >= 15 is 0 Å². The zero-order valence-electron chi connectivity index (χ0n) is 11.6. The van der Waals surface area contributed by atoms with E-state index in [1.165, 1.54) is 0 Å². The number of hydrogen-bond donors (Lipinski definition) is 1. The molecule has 0 bridgehead atoms. The summed E-state index contributed by atoms with van der Waals surface area (Å²) in [6.45, 7) is 2.58. The summed E-state index contributed by atoms with van der Waals surface area (Å²) in [5.74, 6) is 1.03. The third-order valence-electron chi connectivity index (χ3n) is 4.25. The van der Waals surface area contributed by atoms with Crippen molar-refractivity contribution >= 4 is 10.0 Å². The molecule has 110 valence electrons. The quantitative estimate of drug-likeness (QED) is 0.914. The van der Waals surface area contributed by atoms with E-state index in [9.17, 15) is 8.42 Å². The zero-order valence-corrected chi connectivity index (χ0v) is 12.4. The maximum absolute atomic E-state index is 12.4. The summed E-state index contributed by atoms with van der Waals surface area (Å²) in [6, 6.07) is 4.92. The average molecular weight is 297 g/mol. The monoisotopic (exact) mass is 297 g/mol. The lowest BCUT2D eigenvalue weighted by atomic mass is 9.77. The van der Waals surface area contributed by atoms with Crippen LogP contribution in [-0.4, -0.2) is 34.3 Å². The second-order valence-electron chi connectivity index (χ2n) is 5.46. The van der Waals surface area contributed by atoms with E-state index < -0.39 is 10.0 Å². The minimum atomic E-state index is -3.47. The molecule has 1 aliphatic carbocycles. The van der Waals surface area contributed by atoms with Gasteiger partial charge in [0.15, 0.2) is 0 Å². The molecular weight excluding hydrogens is 278 g/mol. The number of benzene rings is 1. The molecule has 0 aromatic heterocycles. The van der Waals surface area contributed by atoms with Crippen LogP contribution in [0, 0.1) is 12.8 Å². The third kappa shape index (κ3) is 2.32. The van der Waals surface area contributed by atoms with Gasteiger partial charge in [-0.05, 0) is 43.5 Å². The molecule has 3 atom stereocenters. The van der Waals surface area contributed by atoms with Crippen molar-refractivity contribution in [3.63, 3.8) is 0 Å². The highest BCUT2D eigenvalue weighted by molar-refractivity contribution is 7.89. The number of aryl methyl sites for hydroxylation is 1. The van der Waals surface area contributed by atoms with Crippen molar-refractivity contribution in [2.24, 2.45) is 5.92 Å². The highest BCUT2D eigenvalue weighted by Gasteiger charge is 2.46. The number of methoxy groups -OCH3 is 1. The van der Waals surface area contributed by atoms with E-state index in [2.05, 4.69) is 4.72 Å². The molecular formula is C14H19NO4S. The number of sulfonamides is 1. The molecule has 6 heteroatoms. The fourth-order valence-corrected chi connectivity index (χ4v) is 4.40. The van der Waals surface area contributed by atoms with Crippen molar-refractivity contribution in [2.45, 2.75) is 36.8 Å². The standard InChI is InChI=1S/C14H19NO4S/c1-9-7-10(3-4-13(9)18-2)20(16,17)15-12-8-14-11(12)5-6-19-14/h3-4,7,11-12,14-15H,5-6,8H2,1-2H3/t11-,12+,14+/m0/s1. The van der Waals surface area contributed by atoms with Gasteiger partial charge in [0, 0.05) is 18.6 Å². The Balaban J connectivity index is 1.76. The molecule has 1 aliphatic heterocycles. The lowest BCUT2D eigenvalue weighted by Crippen LogP contribution is -2.53. The van der Waals surface area contributed by atoms with Gasteiger partial charge in [0.1, 0.15) is 5.75 Å². The minimum absolute atomic E-state index is 0.00917. The van der Waals surface area contributed by atoms with Crippen molar-refractivity contribution in [3.8, 4) is 5.75 Å². The topological polar surface area (TPSA) is 64.6 Å². The fourth-order valence-electron chi connectivity index (χ4n) is 3.02. The van der Waals surface area contributed by atoms with Gasteiger partial charge in [-0.15, -0.1) is 0 Å². The number of rotatable bonds is 4. The first kappa shape index (κ1) is 13.9. The summed E-state index contributed by atoms with van der Waals surface area (Å²) in [4.78, 5) is 0.290. The largest absolute Gasteiger partial charge is 0.496 e. The average Bonchev–Trinajstić information content (AvgIpc) is 2.77. The molecule has 1 saturated carbocycles. The molecule has 1 aromatic carbocycles. The smallest absolute Gasteiger partial charge is 0.240 e. The fraction of sp³-hybridized carbons (Fsp3) is 0.571. The molecule has 1 N–H and O–H groups in total. The molecule has 1 saturated heterocycles. The van der Waals surface area contributed by atoms with Crippen molar-refractivity contribution in [1.29, 1.82) is 0 Å². The van der Waals surface area contributed by atoms with Crippen molar-refractivity contribution < 1.29 is 17.9 Å². The van der Waals surface area contributed by atoms with E-state index in [4.69, 9.17) is 9.47 Å². The van der Waals surface area contributed by atoms with Crippen LogP contribution in [-0.2, 0) is 14.8 Å². The van der Waals surface area contributed by atoms with Crippen LogP contribution in [0.25, 0.3) is 0 Å². The Kier molecular flexibility index (Phi) is 3.48. The SMILES string of the molecule is COc1ccc(S(=O)(=O)N[C@@H]2C[C@H]3OCC[C@@H]23)cc1C. The van der Waals surface area contributed by atoms with Crippen molar-refractivity contribution in [1.82, 2.24) is 4.72 Å². The van der Waals surface area contributed by atoms with Crippen molar-refractivity contribution in [3.05, 3.63) is 23.8 Å². The van der Waals surface area contributed by atoms with Gasteiger partial charge in [-0.25, -0.2) is 13.1 Å². The second-order valence-corrected chi connectivity index (χ2v) is 7.17. The molecule has 1 aromatic rings. The highest BCUT2D eigenvalue weighted by atomic mass is 32.2. The van der Waals surface area contributed by atoms with Gasteiger partial charge in [-0.3, -0.25) is 0 Å². The van der Waals surface area contributed by atoms with E-state index in [0.717, 1.165) is 25.0 Å². The molecule has 20 heavy (non-hydrogen) atoms. The van der Waals surface area contributed by atoms with Crippen LogP contribution in [0.15, 0.2) is 23.1 Å².